The Morgan fingerprint density at radius 2 is 1.28 bits per heavy atom. The van der Waals surface area contributed by atoms with Gasteiger partial charge in [-0.15, -0.1) is 9.24 Å². The average Bonchev–Trinajstić information content (AvgIpc) is 4.02. The fourth-order valence-corrected chi connectivity index (χ4v) is 5.16. The van der Waals surface area contributed by atoms with Crippen LogP contribution in [-0.2, 0) is 23.9 Å². The lowest BCUT2D eigenvalue weighted by Gasteiger charge is -2.22. The van der Waals surface area contributed by atoms with Crippen molar-refractivity contribution < 1.29 is 39.6 Å². The first-order chi connectivity index (χ1) is 32.2. The summed E-state index contributed by atoms with van der Waals surface area (Å²) < 4.78 is 17.2. The van der Waals surface area contributed by atoms with E-state index in [1.54, 1.807) is 31.2 Å². The van der Waals surface area contributed by atoms with E-state index in [-0.39, 0.29) is 70.0 Å². The standard InChI is InChI=1S/C20H16N6O3.C9H9N5O3.C5H5N5O.C4H6O3.C2H7P/c1-13(27)23-19-24-17-16(21-12-22-17)18(25-19)29-20(28)26(14-8-4-2-5-9-14)15-10-6-3-7-11-15;1-4(15)11-9-12-7-6(8(17)13-9)10-3-14(7)5(2)16;6-5-9-3-2(4(11)10-5)7-1-8-3;1-3(5)7-4(2)6;1-2-3/h2-12H,1H3,(H2,21,22,23,24,25,27);3H,1-2H3,(H2,11,12,13,15,17);1H,(H4,6,7,8,9,10,11);1-2H3;2-3H2,1H3/i;;;;2D. The molecule has 2 unspecified atom stereocenters. The average molecular weight is 940 g/mol. The molecule has 0 aliphatic carbocycles. The minimum atomic E-state index is -0.675. The predicted octanol–water partition coefficient (Wildman–Crippen LogP) is 3.59. The summed E-state index contributed by atoms with van der Waals surface area (Å²) in [6, 6.07) is 18.2. The van der Waals surface area contributed by atoms with E-state index in [0.29, 0.717) is 28.1 Å². The Morgan fingerprint density at radius 1 is 0.746 bits per heavy atom. The van der Waals surface area contributed by atoms with E-state index in [1.807, 2.05) is 36.4 Å². The van der Waals surface area contributed by atoms with Gasteiger partial charge in [-0.25, -0.2) is 24.6 Å². The molecule has 6 heterocycles. The van der Waals surface area contributed by atoms with Crippen LogP contribution >= 0.6 is 9.24 Å². The van der Waals surface area contributed by atoms with Crippen molar-refractivity contribution in [3.8, 4) is 5.88 Å². The van der Waals surface area contributed by atoms with Gasteiger partial charge in [0.05, 0.1) is 24.0 Å². The van der Waals surface area contributed by atoms with Gasteiger partial charge in [0.15, 0.2) is 28.0 Å². The Labute approximate surface area is 381 Å². The zero-order valence-electron chi connectivity index (χ0n) is 37.3. The molecule has 0 radical (unpaired) electrons. The maximum Gasteiger partial charge on any atom is 0.425 e. The van der Waals surface area contributed by atoms with E-state index in [1.165, 1.54) is 58.5 Å². The van der Waals surface area contributed by atoms with Crippen LogP contribution in [0.3, 0.4) is 0 Å². The van der Waals surface area contributed by atoms with Crippen molar-refractivity contribution >= 4 is 108 Å². The van der Waals surface area contributed by atoms with Crippen LogP contribution in [0.2, 0.25) is 0 Å². The molecule has 0 bridgehead atoms. The number of aromatic amines is 4. The maximum absolute atomic E-state index is 13.1. The number of carbonyl (C=O) groups is 6. The van der Waals surface area contributed by atoms with Gasteiger partial charge in [-0.2, -0.15) is 19.9 Å². The number of anilines is 5. The lowest BCUT2D eigenvalue weighted by Crippen LogP contribution is -2.29. The highest BCUT2D eigenvalue weighted by molar-refractivity contribution is 7.16. The third kappa shape index (κ3) is 14.8. The van der Waals surface area contributed by atoms with Gasteiger partial charge >= 0.3 is 18.0 Å². The molecule has 2 atom stereocenters. The zero-order chi connectivity index (χ0) is 50.1. The molecule has 8 aromatic rings. The predicted molar refractivity (Wildman–Crippen MR) is 247 cm³/mol. The van der Waals surface area contributed by atoms with Crippen molar-refractivity contribution in [3.63, 3.8) is 0 Å². The Bertz CT molecular complexity index is 3120. The fourth-order valence-electron chi connectivity index (χ4n) is 5.16. The van der Waals surface area contributed by atoms with Crippen molar-refractivity contribution in [2.75, 3.05) is 27.4 Å². The smallest absolute Gasteiger partial charge is 0.394 e. The van der Waals surface area contributed by atoms with Crippen LogP contribution in [-0.4, -0.2) is 101 Å². The molecule has 2 aromatic carbocycles. The number of H-pyrrole nitrogens is 4. The third-order valence-corrected chi connectivity index (χ3v) is 7.58. The van der Waals surface area contributed by atoms with Crippen molar-refractivity contribution in [2.24, 2.45) is 0 Å². The lowest BCUT2D eigenvalue weighted by molar-refractivity contribution is -0.156. The molecule has 6 aromatic heterocycles. The van der Waals surface area contributed by atoms with Gasteiger partial charge in [-0.3, -0.25) is 58.7 Å². The number of hydrogen-bond acceptors (Lipinski definition) is 18. The molecular formula is C40H43N16O10P. The van der Waals surface area contributed by atoms with Crippen molar-refractivity contribution in [2.45, 2.75) is 41.5 Å². The molecule has 0 saturated carbocycles. The number of nitrogens with one attached hydrogen (secondary N) is 6. The maximum atomic E-state index is 13.1. The fraction of sp³-hybridized carbons (Fsp3) is 0.175. The van der Waals surface area contributed by atoms with E-state index in [2.05, 4.69) is 79.4 Å². The number of nitrogens with zero attached hydrogens (tertiary/aromatic N) is 9. The monoisotopic (exact) mass is 939 g/mol. The number of ether oxygens (including phenoxy) is 2. The molecule has 67 heavy (non-hydrogen) atoms. The van der Waals surface area contributed by atoms with Crippen LogP contribution in [0.25, 0.3) is 33.5 Å². The van der Waals surface area contributed by atoms with Gasteiger partial charge in [0.25, 0.3) is 17.0 Å². The molecule has 8 rings (SSSR count). The number of fused-ring (bicyclic) bond motifs is 3. The van der Waals surface area contributed by atoms with Crippen LogP contribution in [0, 0.1) is 0 Å². The van der Waals surface area contributed by atoms with Crippen LogP contribution in [0.15, 0.2) is 89.2 Å². The molecule has 0 aliphatic rings. The molecule has 0 fully saturated rings. The number of amides is 3. The Hall–Kier alpha value is -9.06. The number of nitrogen functional groups attached to an aromatic ring is 1. The van der Waals surface area contributed by atoms with E-state index in [0.717, 1.165) is 4.57 Å². The summed E-state index contributed by atoms with van der Waals surface area (Å²) in [4.78, 5) is 128. The van der Waals surface area contributed by atoms with Crippen LogP contribution < -0.4 is 37.1 Å². The first-order valence-electron chi connectivity index (χ1n) is 19.7. The van der Waals surface area contributed by atoms with Crippen molar-refractivity contribution in [1.29, 1.82) is 0 Å². The van der Waals surface area contributed by atoms with Gasteiger partial charge in [-0.1, -0.05) is 43.3 Å². The molecule has 0 spiro atoms. The highest BCUT2D eigenvalue weighted by Gasteiger charge is 2.23. The second-order valence-electron chi connectivity index (χ2n) is 12.9. The molecule has 27 heteroatoms. The molecule has 3 amide bonds. The minimum absolute atomic E-state index is 0.000000000000000222. The summed E-state index contributed by atoms with van der Waals surface area (Å²) in [6.07, 6.45) is 3.34. The van der Waals surface area contributed by atoms with Crippen molar-refractivity contribution in [1.82, 2.24) is 59.4 Å². The summed E-state index contributed by atoms with van der Waals surface area (Å²) >= 11 is 0. The van der Waals surface area contributed by atoms with Gasteiger partial charge in [0.2, 0.25) is 35.6 Å². The number of rotatable bonds is 5. The van der Waals surface area contributed by atoms with Gasteiger partial charge in [0.1, 0.15) is 11.8 Å². The summed E-state index contributed by atoms with van der Waals surface area (Å²) in [7, 11) is 2.32. The quantitative estimate of drug-likeness (QED) is 0.0736. The molecular weight excluding hydrogens is 896 g/mol. The number of aromatic nitrogens is 12. The number of esters is 2. The number of para-hydroxylation sites is 2. The molecule has 0 aliphatic heterocycles. The highest BCUT2D eigenvalue weighted by Crippen LogP contribution is 2.28. The zero-order valence-corrected chi connectivity index (χ0v) is 37.5. The molecule has 0 saturated heterocycles. The van der Waals surface area contributed by atoms with Crippen LogP contribution in [0.1, 0.15) is 47.7 Å². The third-order valence-electron chi connectivity index (χ3n) is 7.58. The van der Waals surface area contributed by atoms with Crippen LogP contribution in [0.5, 0.6) is 5.88 Å². The number of benzene rings is 2. The summed E-state index contributed by atoms with van der Waals surface area (Å²) in [5.41, 5.74) is 7.15. The number of carbonyl (C=O) groups excluding carboxylic acids is 6. The summed E-state index contributed by atoms with van der Waals surface area (Å²) in [5, 5.41) is 4.81. The van der Waals surface area contributed by atoms with E-state index in [4.69, 9.17) is 11.8 Å². The first kappa shape index (κ1) is 49.0. The number of nitrogens with two attached hydrogens (primary N) is 1. The van der Waals surface area contributed by atoms with E-state index < -0.39 is 23.6 Å². The van der Waals surface area contributed by atoms with Gasteiger partial charge in [-0.05, 0) is 30.4 Å². The SMILES string of the molecule is CC(=O)Nc1nc(OC(=O)N(c2ccccc2)c2ccccc2)c2[nH]cnc2n1.CC(=O)Nc1nc2c(ncn2C(C)=O)c(=O)[nH]1.CC(=O)OC(C)=O.Nc1nc2nc[nH]c2c(=O)[nH]1.[2H]C(C)P. The summed E-state index contributed by atoms with van der Waals surface area (Å²) in [5.74, 6) is -2.16. The minimum Gasteiger partial charge on any atom is -0.394 e. The lowest BCUT2D eigenvalue weighted by atomic mass is 10.2. The largest absolute Gasteiger partial charge is 0.425 e. The van der Waals surface area contributed by atoms with E-state index >= 15 is 0 Å². The second-order valence-corrected chi connectivity index (χ2v) is 13.5. The Balaban J connectivity index is 0.000000217. The molecule has 348 valence electrons. The Morgan fingerprint density at radius 3 is 1.79 bits per heavy atom. The molecule has 8 N–H and O–H groups in total. The Kier molecular flexibility index (Phi) is 17.6. The topological polar surface area (TPSA) is 367 Å². The normalized spacial score (nSPS) is 10.7. The number of imidazole rings is 3. The number of hydrogen-bond donors (Lipinski definition) is 7. The first-order valence-corrected chi connectivity index (χ1v) is 19.8. The molecule has 26 nitrogen and oxygen atoms in total. The van der Waals surface area contributed by atoms with E-state index in [9.17, 15) is 38.4 Å². The second kappa shape index (κ2) is 24.1. The highest BCUT2D eigenvalue weighted by atomic mass is 31.0. The van der Waals surface area contributed by atoms with Crippen molar-refractivity contribution in [3.05, 3.63) is 100 Å². The summed E-state index contributed by atoms with van der Waals surface area (Å²) in [6.45, 7) is 8.10. The van der Waals surface area contributed by atoms with Crippen LogP contribution in [0.4, 0.5) is 34.0 Å². The van der Waals surface area contributed by atoms with Gasteiger partial charge < -0.3 is 25.2 Å². The van der Waals surface area contributed by atoms with Gasteiger partial charge in [0, 0.05) is 36.0 Å².